The van der Waals surface area contributed by atoms with E-state index < -0.39 is 9.84 Å². The summed E-state index contributed by atoms with van der Waals surface area (Å²) in [5.41, 5.74) is 0.0734. The fraction of sp³-hybridized carbons (Fsp3) is 0.400. The molecule has 1 unspecified atom stereocenters. The van der Waals surface area contributed by atoms with E-state index in [9.17, 15) is 8.42 Å². The number of nitrogens with zero attached hydrogens (tertiary/aromatic N) is 2. The monoisotopic (exact) mass is 258 g/mol. The van der Waals surface area contributed by atoms with Crippen LogP contribution in [0.2, 0.25) is 0 Å². The molecule has 0 spiro atoms. The molecule has 0 aliphatic heterocycles. The number of nitriles is 1. The molecule has 16 heavy (non-hydrogen) atoms. The summed E-state index contributed by atoms with van der Waals surface area (Å²) in [5, 5.41) is 8.63. The number of alkyl halides is 1. The Hall–Kier alpha value is -1.12. The third-order valence-electron chi connectivity index (χ3n) is 1.95. The van der Waals surface area contributed by atoms with Gasteiger partial charge in [-0.2, -0.15) is 5.26 Å². The third kappa shape index (κ3) is 2.94. The van der Waals surface area contributed by atoms with Gasteiger partial charge in [0.05, 0.1) is 11.3 Å². The molecular formula is C10H11ClN2O2S. The SMILES string of the molecule is CC(CCl)CS(=O)(=O)c1ncccc1C#N. The van der Waals surface area contributed by atoms with E-state index >= 15 is 0 Å². The summed E-state index contributed by atoms with van der Waals surface area (Å²) in [6, 6.07) is 4.78. The second-order valence-electron chi connectivity index (χ2n) is 3.51. The molecule has 0 N–H and O–H groups in total. The van der Waals surface area contributed by atoms with Gasteiger partial charge in [0, 0.05) is 12.1 Å². The van der Waals surface area contributed by atoms with Gasteiger partial charge in [-0.15, -0.1) is 11.6 Å². The number of halogens is 1. The summed E-state index contributed by atoms with van der Waals surface area (Å²) in [6.45, 7) is 1.74. The Labute approximate surface area is 99.8 Å². The maximum atomic E-state index is 11.9. The van der Waals surface area contributed by atoms with Crippen molar-refractivity contribution in [3.05, 3.63) is 23.9 Å². The Balaban J connectivity index is 3.13. The van der Waals surface area contributed by atoms with Crippen LogP contribution in [0.3, 0.4) is 0 Å². The molecule has 1 heterocycles. The number of sulfone groups is 1. The third-order valence-corrected chi connectivity index (χ3v) is 4.40. The van der Waals surface area contributed by atoms with Crippen molar-refractivity contribution in [2.24, 2.45) is 5.92 Å². The first kappa shape index (κ1) is 12.9. The van der Waals surface area contributed by atoms with Gasteiger partial charge < -0.3 is 0 Å². The fourth-order valence-corrected chi connectivity index (χ4v) is 3.16. The molecule has 0 saturated carbocycles. The van der Waals surface area contributed by atoms with Gasteiger partial charge in [0.25, 0.3) is 0 Å². The molecule has 86 valence electrons. The zero-order valence-corrected chi connectivity index (χ0v) is 10.3. The van der Waals surface area contributed by atoms with E-state index in [1.54, 1.807) is 6.92 Å². The highest BCUT2D eigenvalue weighted by atomic mass is 35.5. The van der Waals surface area contributed by atoms with Gasteiger partial charge in [-0.05, 0) is 18.1 Å². The number of pyridine rings is 1. The van der Waals surface area contributed by atoms with Crippen LogP contribution in [0.5, 0.6) is 0 Å². The lowest BCUT2D eigenvalue weighted by Crippen LogP contribution is -2.17. The van der Waals surface area contributed by atoms with E-state index in [2.05, 4.69) is 4.98 Å². The summed E-state index contributed by atoms with van der Waals surface area (Å²) in [6.07, 6.45) is 1.36. The second-order valence-corrected chi connectivity index (χ2v) is 5.77. The van der Waals surface area contributed by atoms with Gasteiger partial charge in [-0.3, -0.25) is 0 Å². The molecule has 1 atom stereocenters. The maximum absolute atomic E-state index is 11.9. The minimum atomic E-state index is -3.53. The molecule has 1 rings (SSSR count). The van der Waals surface area contributed by atoms with Gasteiger partial charge in [-0.1, -0.05) is 6.92 Å². The van der Waals surface area contributed by atoms with Crippen LogP contribution in [0.15, 0.2) is 23.4 Å². The number of rotatable bonds is 4. The van der Waals surface area contributed by atoms with Crippen LogP contribution < -0.4 is 0 Å². The van der Waals surface area contributed by atoms with Crippen molar-refractivity contribution in [3.63, 3.8) is 0 Å². The first-order valence-corrected chi connectivity index (χ1v) is 6.83. The lowest BCUT2D eigenvalue weighted by atomic mass is 10.3. The molecule has 6 heteroatoms. The predicted molar refractivity (Wildman–Crippen MR) is 60.9 cm³/mol. The molecule has 0 aliphatic rings. The topological polar surface area (TPSA) is 70.8 Å². The van der Waals surface area contributed by atoms with Gasteiger partial charge in [0.1, 0.15) is 6.07 Å². The van der Waals surface area contributed by atoms with Crippen LogP contribution in [0.25, 0.3) is 0 Å². The maximum Gasteiger partial charge on any atom is 0.197 e. The van der Waals surface area contributed by atoms with E-state index in [0.29, 0.717) is 0 Å². The predicted octanol–water partition coefficient (Wildman–Crippen LogP) is 1.60. The van der Waals surface area contributed by atoms with Crippen LogP contribution in [-0.2, 0) is 9.84 Å². The first-order chi connectivity index (χ1) is 7.51. The summed E-state index contributed by atoms with van der Waals surface area (Å²) in [4.78, 5) is 3.76. The molecule has 0 aromatic carbocycles. The van der Waals surface area contributed by atoms with E-state index in [-0.39, 0.29) is 28.1 Å². The smallest absolute Gasteiger partial charge is 0.197 e. The average molecular weight is 259 g/mol. The molecule has 1 aromatic rings. The first-order valence-electron chi connectivity index (χ1n) is 4.65. The molecule has 1 aromatic heterocycles. The Morgan fingerprint density at radius 1 is 1.62 bits per heavy atom. The van der Waals surface area contributed by atoms with Crippen molar-refractivity contribution in [1.29, 1.82) is 5.26 Å². The van der Waals surface area contributed by atoms with Gasteiger partial charge in [0.2, 0.25) is 0 Å². The van der Waals surface area contributed by atoms with Gasteiger partial charge >= 0.3 is 0 Å². The Morgan fingerprint density at radius 3 is 2.88 bits per heavy atom. The average Bonchev–Trinajstić information content (AvgIpc) is 2.28. The minimum Gasteiger partial charge on any atom is -0.243 e. The van der Waals surface area contributed by atoms with Crippen LogP contribution >= 0.6 is 11.6 Å². The normalized spacial score (nSPS) is 13.1. The van der Waals surface area contributed by atoms with Crippen molar-refractivity contribution >= 4 is 21.4 Å². The lowest BCUT2D eigenvalue weighted by Gasteiger charge is -2.08. The van der Waals surface area contributed by atoms with Crippen LogP contribution in [-0.4, -0.2) is 25.0 Å². The summed E-state index contributed by atoms with van der Waals surface area (Å²) < 4.78 is 23.8. The zero-order chi connectivity index (χ0) is 12.2. The van der Waals surface area contributed by atoms with Crippen molar-refractivity contribution in [3.8, 4) is 6.07 Å². The number of hydrogen-bond acceptors (Lipinski definition) is 4. The molecular weight excluding hydrogens is 248 g/mol. The Kier molecular flexibility index (Phi) is 4.27. The molecule has 0 saturated heterocycles. The zero-order valence-electron chi connectivity index (χ0n) is 8.72. The van der Waals surface area contributed by atoms with Crippen molar-refractivity contribution in [1.82, 2.24) is 4.98 Å². The summed E-state index contributed by atoms with van der Waals surface area (Å²) >= 11 is 5.57. The summed E-state index contributed by atoms with van der Waals surface area (Å²) in [7, 11) is -3.53. The van der Waals surface area contributed by atoms with Crippen LogP contribution in [0, 0.1) is 17.2 Å². The number of hydrogen-bond donors (Lipinski definition) is 0. The minimum absolute atomic E-state index is 0.0734. The van der Waals surface area contributed by atoms with Crippen LogP contribution in [0.4, 0.5) is 0 Å². The molecule has 0 amide bonds. The molecule has 4 nitrogen and oxygen atoms in total. The van der Waals surface area contributed by atoms with Crippen molar-refractivity contribution < 1.29 is 8.42 Å². The standard InChI is InChI=1S/C10H11ClN2O2S/c1-8(5-11)7-16(14,15)10-9(6-12)3-2-4-13-10/h2-4,8H,5,7H2,1H3. The fourth-order valence-electron chi connectivity index (χ4n) is 1.22. The van der Waals surface area contributed by atoms with E-state index in [1.807, 2.05) is 6.07 Å². The van der Waals surface area contributed by atoms with Gasteiger partial charge in [0.15, 0.2) is 14.9 Å². The summed E-state index contributed by atoms with van der Waals surface area (Å²) in [5.74, 6) is -0.00363. The second kappa shape index (κ2) is 5.28. The largest absolute Gasteiger partial charge is 0.243 e. The van der Waals surface area contributed by atoms with E-state index in [0.717, 1.165) is 0 Å². The Morgan fingerprint density at radius 2 is 2.31 bits per heavy atom. The van der Waals surface area contributed by atoms with Crippen LogP contribution in [0.1, 0.15) is 12.5 Å². The van der Waals surface area contributed by atoms with Gasteiger partial charge in [-0.25, -0.2) is 13.4 Å². The molecule has 0 radical (unpaired) electrons. The van der Waals surface area contributed by atoms with E-state index in [1.165, 1.54) is 18.3 Å². The quantitative estimate of drug-likeness (QED) is 0.769. The number of aromatic nitrogens is 1. The Bertz CT molecular complexity index is 508. The molecule has 0 fully saturated rings. The molecule has 0 aliphatic carbocycles. The highest BCUT2D eigenvalue weighted by molar-refractivity contribution is 7.91. The highest BCUT2D eigenvalue weighted by Gasteiger charge is 2.22. The lowest BCUT2D eigenvalue weighted by molar-refractivity contribution is 0.579. The van der Waals surface area contributed by atoms with Crippen molar-refractivity contribution in [2.45, 2.75) is 11.9 Å². The van der Waals surface area contributed by atoms with Crippen molar-refractivity contribution in [2.75, 3.05) is 11.6 Å². The highest BCUT2D eigenvalue weighted by Crippen LogP contribution is 2.16. The van der Waals surface area contributed by atoms with E-state index in [4.69, 9.17) is 16.9 Å². The molecule has 0 bridgehead atoms.